The third kappa shape index (κ3) is 4.87. The molecule has 0 spiro atoms. The molecule has 9 aromatic rings. The summed E-state index contributed by atoms with van der Waals surface area (Å²) in [5.41, 5.74) is 11.3. The molecule has 9 rings (SSSR count). The topological polar surface area (TPSA) is 54.4 Å². The fraction of sp³-hybridized carbons (Fsp3) is 0.167. The Morgan fingerprint density at radius 2 is 0.846 bits per heavy atom. The van der Waals surface area contributed by atoms with E-state index in [2.05, 4.69) is 113 Å². The number of hydrogen-bond acceptors (Lipinski definition) is 3. The van der Waals surface area contributed by atoms with Gasteiger partial charge in [0, 0.05) is 21.5 Å². The number of benzene rings is 7. The quantitative estimate of drug-likeness (QED) is 0.136. The van der Waals surface area contributed by atoms with E-state index < -0.39 is 0 Å². The van der Waals surface area contributed by atoms with Gasteiger partial charge < -0.3 is 8.83 Å². The van der Waals surface area contributed by atoms with E-state index in [1.54, 1.807) is 6.07 Å². The minimum atomic E-state index is -0.138. The first-order chi connectivity index (χ1) is 24.9. The van der Waals surface area contributed by atoms with Crippen LogP contribution < -0.4 is 0 Å². The third-order valence-electron chi connectivity index (χ3n) is 10.5. The highest BCUT2D eigenvalue weighted by Crippen LogP contribution is 2.46. The van der Waals surface area contributed by atoms with Crippen molar-refractivity contribution in [3.05, 3.63) is 137 Å². The molecule has 0 saturated carbocycles. The van der Waals surface area contributed by atoms with Crippen LogP contribution in [0.5, 0.6) is 0 Å². The van der Waals surface area contributed by atoms with E-state index in [-0.39, 0.29) is 10.8 Å². The summed E-state index contributed by atoms with van der Waals surface area (Å²) in [4.78, 5) is 3.65. The Morgan fingerprint density at radius 1 is 0.462 bits per heavy atom. The van der Waals surface area contributed by atoms with E-state index in [4.69, 9.17) is 15.4 Å². The molecule has 2 aromatic heterocycles. The fourth-order valence-corrected chi connectivity index (χ4v) is 8.24. The average molecular weight is 673 g/mol. The van der Waals surface area contributed by atoms with Crippen molar-refractivity contribution in [2.45, 2.75) is 52.4 Å². The van der Waals surface area contributed by atoms with Crippen molar-refractivity contribution in [2.75, 3.05) is 0 Å². The van der Waals surface area contributed by atoms with Gasteiger partial charge in [-0.05, 0) is 132 Å². The standard InChI is InChI=1S/C48H36N2O2/c1-47(2,3)45-34-15-10-29(31-12-18-43-37(22-31)38-25-32(50-7)13-19-44(38)52-43)24-40(34)46(48(4,5)6)33-14-9-28(23-39(33)45)30-11-17-42-36(21-30)35-20-27(26-49)8-16-41(35)51-42/h8-25H,1-6H3. The third-order valence-corrected chi connectivity index (χ3v) is 10.5. The Morgan fingerprint density at radius 3 is 1.29 bits per heavy atom. The lowest BCUT2D eigenvalue weighted by Gasteiger charge is -2.31. The van der Waals surface area contributed by atoms with Gasteiger partial charge in [0.15, 0.2) is 5.69 Å². The first-order valence-corrected chi connectivity index (χ1v) is 17.7. The summed E-state index contributed by atoms with van der Waals surface area (Å²) in [5, 5.41) is 18.6. The second-order valence-electron chi connectivity index (χ2n) is 16.0. The number of nitrogens with zero attached hydrogens (tertiary/aromatic N) is 2. The fourth-order valence-electron chi connectivity index (χ4n) is 8.24. The van der Waals surface area contributed by atoms with Gasteiger partial charge in [-0.3, -0.25) is 0 Å². The van der Waals surface area contributed by atoms with E-state index in [1.807, 2.05) is 42.5 Å². The summed E-state index contributed by atoms with van der Waals surface area (Å²) in [6.07, 6.45) is 0. The minimum Gasteiger partial charge on any atom is -0.456 e. The largest absolute Gasteiger partial charge is 0.456 e. The molecule has 4 nitrogen and oxygen atoms in total. The van der Waals surface area contributed by atoms with Crippen LogP contribution in [0.25, 0.3) is 92.5 Å². The summed E-state index contributed by atoms with van der Waals surface area (Å²) in [6.45, 7) is 21.4. The lowest BCUT2D eigenvalue weighted by molar-refractivity contribution is 0.593. The van der Waals surface area contributed by atoms with Gasteiger partial charge in [0.05, 0.1) is 18.2 Å². The number of nitriles is 1. The summed E-state index contributed by atoms with van der Waals surface area (Å²) in [7, 11) is 0. The smallest absolute Gasteiger partial charge is 0.188 e. The predicted molar refractivity (Wildman–Crippen MR) is 215 cm³/mol. The molecule has 0 aliphatic heterocycles. The molecule has 52 heavy (non-hydrogen) atoms. The molecule has 0 atom stereocenters. The van der Waals surface area contributed by atoms with Crippen LogP contribution in [-0.4, -0.2) is 0 Å². The predicted octanol–water partition coefficient (Wildman–Crippen LogP) is 14.1. The average Bonchev–Trinajstić information content (AvgIpc) is 3.68. The Kier molecular flexibility index (Phi) is 6.73. The molecule has 0 amide bonds. The van der Waals surface area contributed by atoms with Crippen molar-refractivity contribution < 1.29 is 8.83 Å². The van der Waals surface area contributed by atoms with Crippen LogP contribution in [0, 0.1) is 17.9 Å². The highest BCUT2D eigenvalue weighted by Gasteiger charge is 2.28. The van der Waals surface area contributed by atoms with E-state index in [0.717, 1.165) is 66.1 Å². The Bertz CT molecular complexity index is 2850. The summed E-state index contributed by atoms with van der Waals surface area (Å²) in [5.74, 6) is 0. The maximum Gasteiger partial charge on any atom is 0.188 e. The molecule has 0 saturated heterocycles. The van der Waals surface area contributed by atoms with Crippen LogP contribution in [0.3, 0.4) is 0 Å². The van der Waals surface area contributed by atoms with Crippen LogP contribution in [-0.2, 0) is 10.8 Å². The van der Waals surface area contributed by atoms with Gasteiger partial charge in [0.25, 0.3) is 0 Å². The Balaban J connectivity index is 1.27. The molecule has 2 heterocycles. The van der Waals surface area contributed by atoms with Gasteiger partial charge in [-0.1, -0.05) is 84.0 Å². The monoisotopic (exact) mass is 672 g/mol. The van der Waals surface area contributed by atoms with Crippen molar-refractivity contribution in [2.24, 2.45) is 0 Å². The maximum absolute atomic E-state index is 9.55. The number of fused-ring (bicyclic) bond motifs is 8. The first kappa shape index (κ1) is 31.6. The van der Waals surface area contributed by atoms with Crippen LogP contribution in [0.2, 0.25) is 0 Å². The molecular formula is C48H36N2O2. The van der Waals surface area contributed by atoms with Gasteiger partial charge in [-0.15, -0.1) is 0 Å². The van der Waals surface area contributed by atoms with Crippen LogP contribution in [0.4, 0.5) is 5.69 Å². The van der Waals surface area contributed by atoms with E-state index in [9.17, 15) is 5.26 Å². The normalized spacial score (nSPS) is 12.4. The van der Waals surface area contributed by atoms with E-state index in [1.165, 1.54) is 32.7 Å². The van der Waals surface area contributed by atoms with Crippen LogP contribution in [0.1, 0.15) is 58.2 Å². The second kappa shape index (κ2) is 11.1. The lowest BCUT2D eigenvalue weighted by Crippen LogP contribution is -2.17. The number of hydrogen-bond donors (Lipinski definition) is 0. The van der Waals surface area contributed by atoms with Crippen molar-refractivity contribution in [3.63, 3.8) is 0 Å². The highest BCUT2D eigenvalue weighted by molar-refractivity contribution is 6.11. The zero-order valence-electron chi connectivity index (χ0n) is 30.1. The molecule has 0 bridgehead atoms. The van der Waals surface area contributed by atoms with Crippen molar-refractivity contribution >= 4 is 71.1 Å². The van der Waals surface area contributed by atoms with Gasteiger partial charge in [0.1, 0.15) is 22.3 Å². The molecule has 0 aliphatic carbocycles. The zero-order chi connectivity index (χ0) is 36.1. The highest BCUT2D eigenvalue weighted by atomic mass is 16.3. The van der Waals surface area contributed by atoms with Gasteiger partial charge in [-0.2, -0.15) is 5.26 Å². The number of rotatable bonds is 2. The van der Waals surface area contributed by atoms with E-state index >= 15 is 0 Å². The van der Waals surface area contributed by atoms with Crippen LogP contribution >= 0.6 is 0 Å². The molecule has 0 fully saturated rings. The maximum atomic E-state index is 9.55. The van der Waals surface area contributed by atoms with Gasteiger partial charge in [-0.25, -0.2) is 4.85 Å². The number of furan rings is 2. The van der Waals surface area contributed by atoms with Crippen molar-refractivity contribution in [1.29, 1.82) is 5.26 Å². The lowest BCUT2D eigenvalue weighted by atomic mass is 9.73. The van der Waals surface area contributed by atoms with E-state index in [0.29, 0.717) is 11.3 Å². The molecule has 0 radical (unpaired) electrons. The van der Waals surface area contributed by atoms with Crippen LogP contribution in [0.15, 0.2) is 118 Å². The second-order valence-corrected chi connectivity index (χ2v) is 16.0. The molecule has 0 unspecified atom stereocenters. The van der Waals surface area contributed by atoms with Crippen molar-refractivity contribution in [1.82, 2.24) is 0 Å². The minimum absolute atomic E-state index is 0.138. The first-order valence-electron chi connectivity index (χ1n) is 17.7. The molecule has 250 valence electrons. The summed E-state index contributed by atoms with van der Waals surface area (Å²) in [6, 6.07) is 40.1. The summed E-state index contributed by atoms with van der Waals surface area (Å²) < 4.78 is 12.3. The molecular weight excluding hydrogens is 637 g/mol. The summed E-state index contributed by atoms with van der Waals surface area (Å²) >= 11 is 0. The SMILES string of the molecule is [C-]#[N+]c1ccc2oc3ccc(-c4ccc5c(C(C)(C)C)c6cc(-c7ccc8oc9ccc(C#N)cc9c8c7)ccc6c(C(C)(C)C)c5c4)cc3c2c1. The zero-order valence-corrected chi connectivity index (χ0v) is 30.1. The molecule has 0 N–H and O–H groups in total. The Labute approximate surface area is 302 Å². The van der Waals surface area contributed by atoms with Gasteiger partial charge >= 0.3 is 0 Å². The van der Waals surface area contributed by atoms with Crippen molar-refractivity contribution in [3.8, 4) is 28.3 Å². The Hall–Kier alpha value is -6.36. The molecule has 4 heteroatoms. The van der Waals surface area contributed by atoms with Gasteiger partial charge in [0.2, 0.25) is 0 Å². The molecule has 7 aromatic carbocycles. The molecule has 0 aliphatic rings.